The molecule has 0 saturated heterocycles. The van der Waals surface area contributed by atoms with Crippen LogP contribution in [-0.2, 0) is 0 Å². The van der Waals surface area contributed by atoms with E-state index >= 15 is 0 Å². The van der Waals surface area contributed by atoms with E-state index in [-0.39, 0.29) is 12.7 Å². The minimum Gasteiger partial charge on any atom is -0.454 e. The number of fused-ring (bicyclic) bond motifs is 1. The standard InChI is InChI=1S/C24H21N5O4/c1-14-19(23(30)25-17-7-10-20-21(11-17)32-13-31-20)12-29(27-14)18-8-5-15(6-9-18)22-26-24(33-28-22)16-3-2-4-16/h5-12,16H,2-4,13H2,1H3,(H,25,30). The van der Waals surface area contributed by atoms with E-state index in [0.29, 0.717) is 40.2 Å². The van der Waals surface area contributed by atoms with Gasteiger partial charge in [-0.15, -0.1) is 0 Å². The molecule has 9 nitrogen and oxygen atoms in total. The van der Waals surface area contributed by atoms with E-state index in [1.54, 1.807) is 36.0 Å². The summed E-state index contributed by atoms with van der Waals surface area (Å²) in [5.41, 5.74) is 3.44. The van der Waals surface area contributed by atoms with Gasteiger partial charge in [0.15, 0.2) is 11.5 Å². The fourth-order valence-corrected chi connectivity index (χ4v) is 3.92. The normalized spacial score (nSPS) is 14.8. The first-order valence-corrected chi connectivity index (χ1v) is 10.9. The molecule has 0 bridgehead atoms. The number of carbonyl (C=O) groups is 1. The van der Waals surface area contributed by atoms with E-state index in [0.717, 1.165) is 30.0 Å². The highest BCUT2D eigenvalue weighted by Gasteiger charge is 2.25. The molecule has 166 valence electrons. The van der Waals surface area contributed by atoms with Crippen LogP contribution in [0.2, 0.25) is 0 Å². The molecule has 6 rings (SSSR count). The number of nitrogens with one attached hydrogen (secondary N) is 1. The molecule has 2 aromatic heterocycles. The second-order valence-electron chi connectivity index (χ2n) is 8.23. The number of aromatic nitrogens is 4. The first kappa shape index (κ1) is 19.5. The average molecular weight is 443 g/mol. The average Bonchev–Trinajstić information content (AvgIpc) is 3.52. The van der Waals surface area contributed by atoms with Crippen LogP contribution in [0.25, 0.3) is 17.1 Å². The summed E-state index contributed by atoms with van der Waals surface area (Å²) >= 11 is 0. The van der Waals surface area contributed by atoms with Crippen LogP contribution in [0.3, 0.4) is 0 Å². The number of carbonyl (C=O) groups excluding carboxylic acids is 1. The third kappa shape index (κ3) is 3.61. The first-order chi connectivity index (χ1) is 16.1. The van der Waals surface area contributed by atoms with Crippen LogP contribution >= 0.6 is 0 Å². The predicted octanol–water partition coefficient (Wildman–Crippen LogP) is 4.48. The van der Waals surface area contributed by atoms with Crippen LogP contribution < -0.4 is 14.8 Å². The third-order valence-electron chi connectivity index (χ3n) is 6.06. The highest BCUT2D eigenvalue weighted by molar-refractivity contribution is 6.05. The molecular formula is C24H21N5O4. The van der Waals surface area contributed by atoms with Gasteiger partial charge in [0.2, 0.25) is 18.5 Å². The molecular weight excluding hydrogens is 422 g/mol. The van der Waals surface area contributed by atoms with E-state index in [2.05, 4.69) is 20.6 Å². The molecule has 0 atom stereocenters. The maximum Gasteiger partial charge on any atom is 0.259 e. The highest BCUT2D eigenvalue weighted by Crippen LogP contribution is 2.36. The van der Waals surface area contributed by atoms with Crippen molar-refractivity contribution in [2.24, 2.45) is 0 Å². The Hall–Kier alpha value is -4.14. The van der Waals surface area contributed by atoms with Crippen molar-refractivity contribution in [1.29, 1.82) is 0 Å². The Bertz CT molecular complexity index is 1340. The summed E-state index contributed by atoms with van der Waals surface area (Å²) < 4.78 is 17.8. The molecule has 2 aliphatic rings. The molecule has 1 aliphatic heterocycles. The lowest BCUT2D eigenvalue weighted by Gasteiger charge is -2.20. The summed E-state index contributed by atoms with van der Waals surface area (Å²) in [5.74, 6) is 2.75. The van der Waals surface area contributed by atoms with E-state index in [4.69, 9.17) is 14.0 Å². The number of anilines is 1. The molecule has 9 heteroatoms. The van der Waals surface area contributed by atoms with Crippen LogP contribution in [0, 0.1) is 6.92 Å². The molecule has 2 aromatic carbocycles. The fourth-order valence-electron chi connectivity index (χ4n) is 3.92. The molecule has 1 amide bonds. The molecule has 1 aliphatic carbocycles. The van der Waals surface area contributed by atoms with Gasteiger partial charge in [-0.25, -0.2) is 4.68 Å². The quantitative estimate of drug-likeness (QED) is 0.485. The van der Waals surface area contributed by atoms with Gasteiger partial charge in [0.25, 0.3) is 5.91 Å². The van der Waals surface area contributed by atoms with Crippen molar-refractivity contribution in [2.45, 2.75) is 32.1 Å². The summed E-state index contributed by atoms with van der Waals surface area (Å²) in [6.45, 7) is 1.99. The van der Waals surface area contributed by atoms with Gasteiger partial charge in [-0.05, 0) is 56.2 Å². The van der Waals surface area contributed by atoms with Crippen molar-refractivity contribution in [3.8, 4) is 28.6 Å². The number of amides is 1. The number of nitrogens with zero attached hydrogens (tertiary/aromatic N) is 4. The SMILES string of the molecule is Cc1nn(-c2ccc(-c3noc(C4CCC4)n3)cc2)cc1C(=O)Nc1ccc2c(c1)OCO2. The van der Waals surface area contributed by atoms with Crippen molar-refractivity contribution < 1.29 is 18.8 Å². The zero-order valence-corrected chi connectivity index (χ0v) is 17.9. The first-order valence-electron chi connectivity index (χ1n) is 10.9. The summed E-state index contributed by atoms with van der Waals surface area (Å²) in [5, 5.41) is 11.5. The van der Waals surface area contributed by atoms with Crippen molar-refractivity contribution in [2.75, 3.05) is 12.1 Å². The lowest BCUT2D eigenvalue weighted by Crippen LogP contribution is -2.12. The second-order valence-corrected chi connectivity index (χ2v) is 8.23. The van der Waals surface area contributed by atoms with Crippen molar-refractivity contribution in [3.63, 3.8) is 0 Å². The number of hydrogen-bond donors (Lipinski definition) is 1. The van der Waals surface area contributed by atoms with Crippen LogP contribution in [0.15, 0.2) is 53.2 Å². The van der Waals surface area contributed by atoms with Crippen molar-refractivity contribution in [3.05, 3.63) is 65.8 Å². The number of aryl methyl sites for hydroxylation is 1. The van der Waals surface area contributed by atoms with Gasteiger partial charge in [-0.2, -0.15) is 10.1 Å². The van der Waals surface area contributed by atoms with Crippen LogP contribution in [-0.4, -0.2) is 32.6 Å². The second kappa shape index (κ2) is 7.77. The van der Waals surface area contributed by atoms with Crippen LogP contribution in [0.5, 0.6) is 11.5 Å². The van der Waals surface area contributed by atoms with E-state index in [9.17, 15) is 4.79 Å². The van der Waals surface area contributed by atoms with Gasteiger partial charge < -0.3 is 19.3 Å². The van der Waals surface area contributed by atoms with E-state index < -0.39 is 0 Å². The Morgan fingerprint density at radius 3 is 2.70 bits per heavy atom. The molecule has 3 heterocycles. The van der Waals surface area contributed by atoms with Gasteiger partial charge in [0, 0.05) is 29.4 Å². The van der Waals surface area contributed by atoms with Gasteiger partial charge in [-0.3, -0.25) is 4.79 Å². The Labute approximate surface area is 189 Å². The molecule has 0 radical (unpaired) electrons. The molecule has 1 fully saturated rings. The molecule has 0 unspecified atom stereocenters. The predicted molar refractivity (Wildman–Crippen MR) is 119 cm³/mol. The van der Waals surface area contributed by atoms with Gasteiger partial charge >= 0.3 is 0 Å². The molecule has 33 heavy (non-hydrogen) atoms. The monoisotopic (exact) mass is 443 g/mol. The topological polar surface area (TPSA) is 104 Å². The van der Waals surface area contributed by atoms with Crippen molar-refractivity contribution >= 4 is 11.6 Å². The maximum absolute atomic E-state index is 12.8. The van der Waals surface area contributed by atoms with Crippen LogP contribution in [0.1, 0.15) is 47.1 Å². The maximum atomic E-state index is 12.8. The van der Waals surface area contributed by atoms with Gasteiger partial charge in [0.1, 0.15) is 0 Å². The van der Waals surface area contributed by atoms with Gasteiger partial charge in [-0.1, -0.05) is 11.6 Å². The molecule has 1 N–H and O–H groups in total. The zero-order valence-electron chi connectivity index (χ0n) is 17.9. The van der Waals surface area contributed by atoms with Crippen molar-refractivity contribution in [1.82, 2.24) is 19.9 Å². The number of benzene rings is 2. The Morgan fingerprint density at radius 2 is 1.91 bits per heavy atom. The highest BCUT2D eigenvalue weighted by atomic mass is 16.7. The molecule has 4 aromatic rings. The zero-order chi connectivity index (χ0) is 22.4. The van der Waals surface area contributed by atoms with Crippen LogP contribution in [0.4, 0.5) is 5.69 Å². The number of ether oxygens (including phenoxy) is 2. The van der Waals surface area contributed by atoms with E-state index in [1.165, 1.54) is 6.42 Å². The summed E-state index contributed by atoms with van der Waals surface area (Å²) in [7, 11) is 0. The third-order valence-corrected chi connectivity index (χ3v) is 6.06. The Balaban J connectivity index is 1.19. The van der Waals surface area contributed by atoms with E-state index in [1.807, 2.05) is 24.3 Å². The lowest BCUT2D eigenvalue weighted by atomic mass is 9.85. The molecule has 1 saturated carbocycles. The summed E-state index contributed by atoms with van der Waals surface area (Å²) in [4.78, 5) is 17.4. The summed E-state index contributed by atoms with van der Waals surface area (Å²) in [6, 6.07) is 13.0. The number of rotatable bonds is 5. The lowest BCUT2D eigenvalue weighted by molar-refractivity contribution is 0.102. The largest absolute Gasteiger partial charge is 0.454 e. The minimum atomic E-state index is -0.246. The van der Waals surface area contributed by atoms with Gasteiger partial charge in [0.05, 0.1) is 16.9 Å². The number of hydrogen-bond acceptors (Lipinski definition) is 7. The Morgan fingerprint density at radius 1 is 1.09 bits per heavy atom. The fraction of sp³-hybridized carbons (Fsp3) is 0.250. The molecule has 0 spiro atoms. The smallest absolute Gasteiger partial charge is 0.259 e. The minimum absolute atomic E-state index is 0.186. The Kier molecular flexibility index (Phi) is 4.60. The summed E-state index contributed by atoms with van der Waals surface area (Å²) in [6.07, 6.45) is 5.17.